The van der Waals surface area contributed by atoms with E-state index in [0.717, 1.165) is 5.56 Å². The Balaban J connectivity index is 1.50. The van der Waals surface area contributed by atoms with E-state index in [2.05, 4.69) is 0 Å². The highest BCUT2D eigenvalue weighted by Crippen LogP contribution is 2.51. The van der Waals surface area contributed by atoms with E-state index in [-0.39, 0.29) is 37.6 Å². The summed E-state index contributed by atoms with van der Waals surface area (Å²) in [6, 6.07) is 9.77. The minimum Gasteiger partial charge on any atom is -0.479 e. The van der Waals surface area contributed by atoms with Crippen molar-refractivity contribution in [3.8, 4) is 0 Å². The number of hydrogen-bond acceptors (Lipinski definition) is 3. The van der Waals surface area contributed by atoms with Crippen molar-refractivity contribution in [1.82, 2.24) is 4.90 Å². The van der Waals surface area contributed by atoms with Gasteiger partial charge in [0, 0.05) is 23.9 Å². The van der Waals surface area contributed by atoms with Gasteiger partial charge in [0.1, 0.15) is 5.82 Å². The zero-order valence-corrected chi connectivity index (χ0v) is 22.1. The second-order valence-corrected chi connectivity index (χ2v) is 11.8. The quantitative estimate of drug-likeness (QED) is 0.463. The van der Waals surface area contributed by atoms with Gasteiger partial charge >= 0.3 is 12.1 Å². The molecule has 2 fully saturated rings. The average Bonchev–Trinajstić information content (AvgIpc) is 3.27. The summed E-state index contributed by atoms with van der Waals surface area (Å²) < 4.78 is 69.4. The molecule has 1 saturated heterocycles. The lowest BCUT2D eigenvalue weighted by atomic mass is 9.63. The molecule has 1 amide bonds. The number of aryl methyl sites for hydroxylation is 1. The number of likely N-dealkylation sites (tertiary alicyclic amines) is 1. The molecule has 5 rings (SSSR count). The Labute approximate surface area is 229 Å². The standard InChI is InChI=1S/C30H32F5NO4/c1-27(32,30(33,34)35)21-6-7-23-20(16-21)5-8-24-28(23,17-18-3-2-4-22(31)15-18)13-14-36(24)25(37)19-9-11-29(40,12-10-19)26(38)39/h2-4,6-7,15-16,19,24,40H,5,8-14,17H2,1H3,(H,38,39)/t19-,24?,27?,28?,29-. The van der Waals surface area contributed by atoms with E-state index in [1.807, 2.05) is 0 Å². The van der Waals surface area contributed by atoms with Crippen molar-refractivity contribution < 1.29 is 41.8 Å². The fourth-order valence-corrected chi connectivity index (χ4v) is 7.09. The molecule has 0 spiro atoms. The number of carboxylic acid groups (broad SMARTS) is 1. The zero-order chi connectivity index (χ0) is 29.1. The lowest BCUT2D eigenvalue weighted by Crippen LogP contribution is -2.52. The number of amides is 1. The van der Waals surface area contributed by atoms with Crippen molar-refractivity contribution in [3.63, 3.8) is 0 Å². The summed E-state index contributed by atoms with van der Waals surface area (Å²) >= 11 is 0. The van der Waals surface area contributed by atoms with Gasteiger partial charge in [-0.2, -0.15) is 13.2 Å². The number of nitrogens with zero attached hydrogens (tertiary/aromatic N) is 1. The predicted molar refractivity (Wildman–Crippen MR) is 136 cm³/mol. The van der Waals surface area contributed by atoms with Crippen LogP contribution in [0.15, 0.2) is 42.5 Å². The number of carboxylic acids is 1. The van der Waals surface area contributed by atoms with Crippen LogP contribution in [0.2, 0.25) is 0 Å². The van der Waals surface area contributed by atoms with E-state index < -0.39 is 46.1 Å². The van der Waals surface area contributed by atoms with Crippen LogP contribution >= 0.6 is 0 Å². The third kappa shape index (κ3) is 4.67. The van der Waals surface area contributed by atoms with Crippen LogP contribution in [0.4, 0.5) is 22.0 Å². The van der Waals surface area contributed by atoms with Crippen LogP contribution in [0, 0.1) is 11.7 Å². The summed E-state index contributed by atoms with van der Waals surface area (Å²) in [6.45, 7) is 0.886. The Morgan fingerprint density at radius 1 is 1.02 bits per heavy atom. The van der Waals surface area contributed by atoms with E-state index in [1.54, 1.807) is 23.1 Å². The normalized spacial score (nSPS) is 29.8. The number of halogens is 5. The molecule has 0 bridgehead atoms. The number of carbonyl (C=O) groups is 2. The van der Waals surface area contributed by atoms with Crippen molar-refractivity contribution in [3.05, 3.63) is 70.5 Å². The third-order valence-corrected chi connectivity index (χ3v) is 9.47. The maximum Gasteiger partial charge on any atom is 0.426 e. The highest BCUT2D eigenvalue weighted by Gasteiger charge is 2.56. The molecule has 2 aromatic rings. The SMILES string of the molecule is CC(F)(c1ccc2c(c1)CCC1N(C(=O)[C@H]3CC[C@@](O)(C(=O)O)CC3)CCC21Cc1cccc(F)c1)C(F)(F)F. The molecule has 40 heavy (non-hydrogen) atoms. The monoisotopic (exact) mass is 565 g/mol. The number of aliphatic carboxylic acids is 1. The number of carbonyl (C=O) groups excluding carboxylic acids is 1. The molecule has 0 aromatic heterocycles. The number of alkyl halides is 4. The van der Waals surface area contributed by atoms with Crippen molar-refractivity contribution in [2.75, 3.05) is 6.54 Å². The fraction of sp³-hybridized carbons (Fsp3) is 0.533. The molecule has 2 aliphatic carbocycles. The molecule has 1 heterocycles. The van der Waals surface area contributed by atoms with Crippen LogP contribution in [-0.2, 0) is 33.5 Å². The minimum atomic E-state index is -5.08. The lowest BCUT2D eigenvalue weighted by molar-refractivity contribution is -0.228. The minimum absolute atomic E-state index is 0.0293. The van der Waals surface area contributed by atoms with Gasteiger partial charge in [-0.1, -0.05) is 30.3 Å². The van der Waals surface area contributed by atoms with Crippen molar-refractivity contribution in [2.45, 2.75) is 87.2 Å². The summed E-state index contributed by atoms with van der Waals surface area (Å²) in [6.07, 6.45) is -3.05. The molecular formula is C30H32F5NO4. The number of rotatable bonds is 5. The Bertz CT molecular complexity index is 1320. The van der Waals surface area contributed by atoms with E-state index >= 15 is 0 Å². The molecule has 3 aliphatic rings. The van der Waals surface area contributed by atoms with Gasteiger partial charge in [-0.05, 0) is 92.7 Å². The maximum absolute atomic E-state index is 14.9. The summed E-state index contributed by atoms with van der Waals surface area (Å²) in [7, 11) is 0. The zero-order valence-electron chi connectivity index (χ0n) is 22.1. The third-order valence-electron chi connectivity index (χ3n) is 9.47. The topological polar surface area (TPSA) is 77.8 Å². The summed E-state index contributed by atoms with van der Waals surface area (Å²) in [4.78, 5) is 27.0. The van der Waals surface area contributed by atoms with Gasteiger partial charge in [0.05, 0.1) is 0 Å². The molecule has 2 aromatic carbocycles. The molecule has 0 radical (unpaired) electrons. The molecule has 5 nitrogen and oxygen atoms in total. The number of hydrogen-bond donors (Lipinski definition) is 2. The van der Waals surface area contributed by atoms with Gasteiger partial charge in [-0.3, -0.25) is 4.79 Å². The van der Waals surface area contributed by atoms with E-state index in [0.29, 0.717) is 50.3 Å². The van der Waals surface area contributed by atoms with E-state index in [9.17, 15) is 41.8 Å². The second kappa shape index (κ2) is 9.82. The van der Waals surface area contributed by atoms with Gasteiger partial charge < -0.3 is 15.1 Å². The number of aliphatic hydroxyl groups is 1. The predicted octanol–water partition coefficient (Wildman–Crippen LogP) is 5.61. The molecule has 10 heteroatoms. The first-order valence-corrected chi connectivity index (χ1v) is 13.6. The summed E-state index contributed by atoms with van der Waals surface area (Å²) in [5, 5.41) is 19.6. The van der Waals surface area contributed by atoms with Gasteiger partial charge in [0.25, 0.3) is 0 Å². The molecule has 3 atom stereocenters. The van der Waals surface area contributed by atoms with E-state index in [4.69, 9.17) is 0 Å². The Hall–Kier alpha value is -3.01. The van der Waals surface area contributed by atoms with Gasteiger partial charge in [-0.15, -0.1) is 0 Å². The Morgan fingerprint density at radius 3 is 2.35 bits per heavy atom. The lowest BCUT2D eigenvalue weighted by Gasteiger charge is -2.45. The molecule has 1 aliphatic heterocycles. The summed E-state index contributed by atoms with van der Waals surface area (Å²) in [5.41, 5.74) is -4.53. The van der Waals surface area contributed by atoms with Crippen LogP contribution < -0.4 is 0 Å². The van der Waals surface area contributed by atoms with E-state index in [1.165, 1.54) is 24.3 Å². The van der Waals surface area contributed by atoms with Crippen molar-refractivity contribution in [2.24, 2.45) is 5.92 Å². The first-order chi connectivity index (χ1) is 18.7. The largest absolute Gasteiger partial charge is 0.479 e. The molecule has 216 valence electrons. The second-order valence-electron chi connectivity index (χ2n) is 11.8. The molecule has 2 N–H and O–H groups in total. The number of benzene rings is 2. The Morgan fingerprint density at radius 2 is 1.73 bits per heavy atom. The molecule has 1 saturated carbocycles. The van der Waals surface area contributed by atoms with Crippen LogP contribution in [0.3, 0.4) is 0 Å². The highest BCUT2D eigenvalue weighted by molar-refractivity contribution is 5.82. The smallest absolute Gasteiger partial charge is 0.426 e. The first kappa shape index (κ1) is 28.5. The van der Waals surface area contributed by atoms with Crippen LogP contribution in [0.1, 0.15) is 67.7 Å². The van der Waals surface area contributed by atoms with Gasteiger partial charge in [0.2, 0.25) is 11.6 Å². The van der Waals surface area contributed by atoms with Crippen molar-refractivity contribution >= 4 is 11.9 Å². The van der Waals surface area contributed by atoms with Gasteiger partial charge in [-0.25, -0.2) is 13.6 Å². The maximum atomic E-state index is 14.9. The van der Waals surface area contributed by atoms with Crippen LogP contribution in [0.5, 0.6) is 0 Å². The van der Waals surface area contributed by atoms with Gasteiger partial charge in [0.15, 0.2) is 5.60 Å². The average molecular weight is 566 g/mol. The van der Waals surface area contributed by atoms with Crippen LogP contribution in [-0.4, -0.2) is 51.4 Å². The van der Waals surface area contributed by atoms with Crippen LogP contribution in [0.25, 0.3) is 0 Å². The highest BCUT2D eigenvalue weighted by atomic mass is 19.4. The molecule has 3 unspecified atom stereocenters. The first-order valence-electron chi connectivity index (χ1n) is 13.6. The van der Waals surface area contributed by atoms with Crippen molar-refractivity contribution in [1.29, 1.82) is 0 Å². The summed E-state index contributed by atoms with van der Waals surface area (Å²) in [5.74, 6) is -2.31. The fourth-order valence-electron chi connectivity index (χ4n) is 7.09. The molecular weight excluding hydrogens is 533 g/mol. The number of fused-ring (bicyclic) bond motifs is 3. The Kier molecular flexibility index (Phi) is 7.00.